The standard InChI is InChI=1S/C32H24N4/c1-21-33-27-12-6-7-13-28(27)35-30-20-23(15-17-29(30)34-21)22-16-18-32-26(19-22)25-11-5-8-14-31(25)36(32)24-9-3-2-4-10-24/h2-20,35H,1H3,(H,33,34). The van der Waals surface area contributed by atoms with Crippen molar-refractivity contribution >= 4 is 43.9 Å². The fourth-order valence-electron chi connectivity index (χ4n) is 5.17. The molecule has 0 amide bonds. The van der Waals surface area contributed by atoms with E-state index >= 15 is 0 Å². The molecule has 7 rings (SSSR count). The molecule has 0 spiro atoms. The van der Waals surface area contributed by atoms with Crippen molar-refractivity contribution in [2.75, 3.05) is 0 Å². The van der Waals surface area contributed by atoms with Gasteiger partial charge in [-0.15, -0.1) is 0 Å². The molecule has 0 unspecified atom stereocenters. The number of nitrogens with one attached hydrogen (secondary N) is 2. The average Bonchev–Trinajstić information content (AvgIpc) is 3.24. The van der Waals surface area contributed by atoms with Gasteiger partial charge in [-0.2, -0.15) is 0 Å². The monoisotopic (exact) mass is 464 g/mol. The Bertz CT molecular complexity index is 1950. The molecule has 0 bridgehead atoms. The number of aromatic nitrogens is 4. The summed E-state index contributed by atoms with van der Waals surface area (Å²) in [7, 11) is 0. The van der Waals surface area contributed by atoms with Crippen LogP contribution in [0, 0.1) is 6.92 Å². The maximum Gasteiger partial charge on any atom is 0.104 e. The van der Waals surface area contributed by atoms with Gasteiger partial charge in [-0.25, -0.2) is 4.98 Å². The van der Waals surface area contributed by atoms with Crippen LogP contribution < -0.4 is 0 Å². The molecule has 36 heavy (non-hydrogen) atoms. The molecular weight excluding hydrogens is 440 g/mol. The zero-order chi connectivity index (χ0) is 24.1. The fraction of sp³-hybridized carbons (Fsp3) is 0.0312. The van der Waals surface area contributed by atoms with Crippen LogP contribution in [-0.4, -0.2) is 19.5 Å². The number of fused-ring (bicyclic) bond motifs is 5. The van der Waals surface area contributed by atoms with Crippen molar-refractivity contribution in [2.45, 2.75) is 6.92 Å². The van der Waals surface area contributed by atoms with Crippen molar-refractivity contribution in [2.24, 2.45) is 0 Å². The summed E-state index contributed by atoms with van der Waals surface area (Å²) in [6, 6.07) is 40.6. The number of rotatable bonds is 2. The van der Waals surface area contributed by atoms with E-state index in [2.05, 4.69) is 118 Å². The zero-order valence-corrected chi connectivity index (χ0v) is 19.9. The highest BCUT2D eigenvalue weighted by Gasteiger charge is 2.13. The molecule has 0 aliphatic heterocycles. The second kappa shape index (κ2) is 8.14. The van der Waals surface area contributed by atoms with Crippen LogP contribution in [0.25, 0.3) is 60.7 Å². The minimum Gasteiger partial charge on any atom is -0.352 e. The first kappa shape index (κ1) is 20.5. The lowest BCUT2D eigenvalue weighted by molar-refractivity contribution is 1.12. The Balaban J connectivity index is 1.47. The second-order valence-corrected chi connectivity index (χ2v) is 9.14. The Morgan fingerprint density at radius 2 is 1.22 bits per heavy atom. The van der Waals surface area contributed by atoms with Crippen LogP contribution in [0.1, 0.15) is 5.82 Å². The van der Waals surface area contributed by atoms with Gasteiger partial charge in [0.15, 0.2) is 0 Å². The van der Waals surface area contributed by atoms with Crippen LogP contribution in [0.3, 0.4) is 0 Å². The molecule has 2 N–H and O–H groups in total. The van der Waals surface area contributed by atoms with Gasteiger partial charge < -0.3 is 14.5 Å². The molecule has 0 aliphatic carbocycles. The SMILES string of the molecule is Cc1nc2ccc(-c3ccc4c(c3)c3ccccc3n4-c3ccccc3)cc2[nH]c2ccccc2[nH]1. The number of hydrogen-bond donors (Lipinski definition) is 2. The van der Waals surface area contributed by atoms with Crippen LogP contribution in [0.2, 0.25) is 0 Å². The smallest absolute Gasteiger partial charge is 0.104 e. The summed E-state index contributed by atoms with van der Waals surface area (Å²) in [6.45, 7) is 2.00. The molecular formula is C32H24N4. The molecule has 5 aromatic carbocycles. The molecule has 4 heteroatoms. The number of hydrogen-bond acceptors (Lipinski definition) is 1. The van der Waals surface area contributed by atoms with E-state index in [1.54, 1.807) is 0 Å². The molecule has 4 nitrogen and oxygen atoms in total. The van der Waals surface area contributed by atoms with Gasteiger partial charge in [0, 0.05) is 16.5 Å². The third-order valence-electron chi connectivity index (χ3n) is 6.82. The van der Waals surface area contributed by atoms with Gasteiger partial charge in [-0.1, -0.05) is 60.7 Å². The summed E-state index contributed by atoms with van der Waals surface area (Å²) in [5, 5.41) is 2.50. The van der Waals surface area contributed by atoms with Crippen LogP contribution >= 0.6 is 0 Å². The summed E-state index contributed by atoms with van der Waals surface area (Å²) in [6.07, 6.45) is 0. The third-order valence-corrected chi connectivity index (χ3v) is 6.82. The Labute approximate surface area is 208 Å². The van der Waals surface area contributed by atoms with Crippen molar-refractivity contribution in [1.29, 1.82) is 0 Å². The van der Waals surface area contributed by atoms with Crippen LogP contribution in [0.5, 0.6) is 0 Å². The van der Waals surface area contributed by atoms with Crippen LogP contribution in [0.4, 0.5) is 0 Å². The lowest BCUT2D eigenvalue weighted by atomic mass is 10.0. The Kier molecular flexibility index (Phi) is 4.64. The lowest BCUT2D eigenvalue weighted by Crippen LogP contribution is -1.93. The zero-order valence-electron chi connectivity index (χ0n) is 19.9. The second-order valence-electron chi connectivity index (χ2n) is 9.14. The molecule has 0 aliphatic rings. The molecule has 0 saturated heterocycles. The number of aromatic amines is 2. The topological polar surface area (TPSA) is 49.4 Å². The van der Waals surface area contributed by atoms with E-state index in [0.717, 1.165) is 33.5 Å². The summed E-state index contributed by atoms with van der Waals surface area (Å²) < 4.78 is 2.35. The maximum atomic E-state index is 4.80. The highest BCUT2D eigenvalue weighted by Crippen LogP contribution is 2.35. The molecule has 172 valence electrons. The summed E-state index contributed by atoms with van der Waals surface area (Å²) >= 11 is 0. The van der Waals surface area contributed by atoms with Crippen molar-refractivity contribution < 1.29 is 0 Å². The van der Waals surface area contributed by atoms with Crippen molar-refractivity contribution in [3.63, 3.8) is 0 Å². The number of benzene rings is 5. The minimum absolute atomic E-state index is 0.869. The Morgan fingerprint density at radius 1 is 0.556 bits per heavy atom. The lowest BCUT2D eigenvalue weighted by Gasteiger charge is -2.08. The minimum atomic E-state index is 0.869. The predicted octanol–water partition coefficient (Wildman–Crippen LogP) is 8.24. The number of nitrogens with zero attached hydrogens (tertiary/aromatic N) is 2. The van der Waals surface area contributed by atoms with Gasteiger partial charge in [-0.05, 0) is 72.6 Å². The quantitative estimate of drug-likeness (QED) is 0.266. The Morgan fingerprint density at radius 3 is 2.08 bits per heavy atom. The van der Waals surface area contributed by atoms with E-state index in [4.69, 9.17) is 4.98 Å². The first-order chi connectivity index (χ1) is 17.7. The van der Waals surface area contributed by atoms with E-state index in [9.17, 15) is 0 Å². The van der Waals surface area contributed by atoms with Gasteiger partial charge in [-0.3, -0.25) is 0 Å². The van der Waals surface area contributed by atoms with E-state index < -0.39 is 0 Å². The number of aryl methyl sites for hydroxylation is 1. The normalized spacial score (nSPS) is 11.5. The first-order valence-corrected chi connectivity index (χ1v) is 12.2. The summed E-state index contributed by atoms with van der Waals surface area (Å²) in [5.41, 5.74) is 9.88. The highest BCUT2D eigenvalue weighted by molar-refractivity contribution is 6.10. The fourth-order valence-corrected chi connectivity index (χ4v) is 5.17. The third kappa shape index (κ3) is 3.35. The summed E-state index contributed by atoms with van der Waals surface area (Å²) in [5.74, 6) is 0.869. The molecule has 0 atom stereocenters. The van der Waals surface area contributed by atoms with Crippen molar-refractivity contribution in [3.8, 4) is 16.8 Å². The largest absolute Gasteiger partial charge is 0.352 e. The average molecular weight is 465 g/mol. The van der Waals surface area contributed by atoms with Crippen LogP contribution in [0.15, 0.2) is 115 Å². The van der Waals surface area contributed by atoms with E-state index in [0.29, 0.717) is 0 Å². The van der Waals surface area contributed by atoms with Crippen molar-refractivity contribution in [1.82, 2.24) is 19.5 Å². The molecule has 0 radical (unpaired) electrons. The highest BCUT2D eigenvalue weighted by atomic mass is 15.0. The van der Waals surface area contributed by atoms with Crippen LogP contribution in [-0.2, 0) is 0 Å². The van der Waals surface area contributed by atoms with Gasteiger partial charge >= 0.3 is 0 Å². The van der Waals surface area contributed by atoms with E-state index in [1.807, 2.05) is 19.1 Å². The van der Waals surface area contributed by atoms with E-state index in [1.165, 1.54) is 33.1 Å². The summed E-state index contributed by atoms with van der Waals surface area (Å²) in [4.78, 5) is 11.8. The Hall–Kier alpha value is -4.83. The maximum absolute atomic E-state index is 4.80. The van der Waals surface area contributed by atoms with Gasteiger partial charge in [0.1, 0.15) is 5.82 Å². The molecule has 7 aromatic rings. The molecule has 0 fully saturated rings. The predicted molar refractivity (Wildman–Crippen MR) is 150 cm³/mol. The molecule has 0 saturated carbocycles. The van der Waals surface area contributed by atoms with Gasteiger partial charge in [0.25, 0.3) is 0 Å². The van der Waals surface area contributed by atoms with Gasteiger partial charge in [0.05, 0.1) is 33.1 Å². The van der Waals surface area contributed by atoms with Crippen molar-refractivity contribution in [3.05, 3.63) is 121 Å². The molecule has 2 aromatic heterocycles. The molecule has 2 heterocycles. The number of H-pyrrole nitrogens is 2. The van der Waals surface area contributed by atoms with Gasteiger partial charge in [0.2, 0.25) is 0 Å². The first-order valence-electron chi connectivity index (χ1n) is 12.2. The number of para-hydroxylation sites is 4. The van der Waals surface area contributed by atoms with E-state index in [-0.39, 0.29) is 0 Å².